The zero-order chi connectivity index (χ0) is 9.84. The van der Waals surface area contributed by atoms with E-state index in [0.717, 1.165) is 12.5 Å². The molecule has 0 saturated heterocycles. The van der Waals surface area contributed by atoms with E-state index in [1.165, 1.54) is 19.3 Å². The molecule has 74 valence electrons. The molecule has 0 aliphatic heterocycles. The van der Waals surface area contributed by atoms with Gasteiger partial charge in [0.2, 0.25) is 0 Å². The molecule has 1 fully saturated rings. The van der Waals surface area contributed by atoms with Crippen LogP contribution in [-0.2, 0) is 0 Å². The summed E-state index contributed by atoms with van der Waals surface area (Å²) in [4.78, 5) is 2.36. The quantitative estimate of drug-likeness (QED) is 0.649. The molecule has 2 nitrogen and oxygen atoms in total. The molecule has 1 aliphatic carbocycles. The van der Waals surface area contributed by atoms with Crippen molar-refractivity contribution in [3.8, 4) is 6.07 Å². The molecule has 0 radical (unpaired) electrons. The summed E-state index contributed by atoms with van der Waals surface area (Å²) in [5, 5.41) is 8.86. The Balaban J connectivity index is 2.34. The van der Waals surface area contributed by atoms with E-state index in [1.54, 1.807) is 0 Å². The van der Waals surface area contributed by atoms with E-state index in [-0.39, 0.29) is 6.04 Å². The lowest BCUT2D eigenvalue weighted by Crippen LogP contribution is -2.35. The Morgan fingerprint density at radius 1 is 1.38 bits per heavy atom. The van der Waals surface area contributed by atoms with Gasteiger partial charge in [-0.05, 0) is 38.6 Å². The predicted octanol–water partition coefficient (Wildman–Crippen LogP) is 2.41. The predicted molar refractivity (Wildman–Crippen MR) is 54.3 cm³/mol. The van der Waals surface area contributed by atoms with Gasteiger partial charge in [0, 0.05) is 6.04 Å². The van der Waals surface area contributed by atoms with Gasteiger partial charge >= 0.3 is 0 Å². The second-order valence-electron chi connectivity index (χ2n) is 4.46. The van der Waals surface area contributed by atoms with Gasteiger partial charge in [-0.15, -0.1) is 0 Å². The van der Waals surface area contributed by atoms with Gasteiger partial charge in [0.1, 0.15) is 0 Å². The molecule has 0 aromatic heterocycles. The Bertz CT molecular complexity index is 189. The first-order chi connectivity index (χ1) is 6.15. The summed E-state index contributed by atoms with van der Waals surface area (Å²) in [5.41, 5.74) is 0. The van der Waals surface area contributed by atoms with E-state index in [9.17, 15) is 0 Å². The van der Waals surface area contributed by atoms with Crippen LogP contribution in [0, 0.1) is 17.2 Å². The Kier molecular flexibility index (Phi) is 3.74. The third-order valence-corrected chi connectivity index (χ3v) is 2.66. The molecule has 0 aromatic rings. The molecule has 2 heteroatoms. The molecule has 13 heavy (non-hydrogen) atoms. The Morgan fingerprint density at radius 2 is 2.00 bits per heavy atom. The normalized spacial score (nSPS) is 19.1. The van der Waals surface area contributed by atoms with Crippen LogP contribution < -0.4 is 0 Å². The maximum atomic E-state index is 8.86. The minimum Gasteiger partial charge on any atom is -0.285 e. The third-order valence-electron chi connectivity index (χ3n) is 2.66. The van der Waals surface area contributed by atoms with Crippen molar-refractivity contribution in [2.45, 2.75) is 52.1 Å². The van der Waals surface area contributed by atoms with Gasteiger partial charge in [-0.3, -0.25) is 4.90 Å². The Morgan fingerprint density at radius 3 is 2.38 bits per heavy atom. The number of hydrogen-bond donors (Lipinski definition) is 0. The van der Waals surface area contributed by atoms with Crippen molar-refractivity contribution < 1.29 is 0 Å². The summed E-state index contributed by atoms with van der Waals surface area (Å²) in [6.07, 6.45) is 3.80. The van der Waals surface area contributed by atoms with Gasteiger partial charge in [-0.1, -0.05) is 13.8 Å². The van der Waals surface area contributed by atoms with Crippen LogP contribution in [0.3, 0.4) is 0 Å². The lowest BCUT2D eigenvalue weighted by Gasteiger charge is -2.24. The molecule has 1 saturated carbocycles. The van der Waals surface area contributed by atoms with Crippen molar-refractivity contribution in [2.24, 2.45) is 5.92 Å². The summed E-state index contributed by atoms with van der Waals surface area (Å²) < 4.78 is 0. The molecule has 1 atom stereocenters. The van der Waals surface area contributed by atoms with E-state index in [4.69, 9.17) is 5.26 Å². The summed E-state index contributed by atoms with van der Waals surface area (Å²) in [5.74, 6) is 0.743. The molecule has 0 heterocycles. The monoisotopic (exact) mass is 180 g/mol. The summed E-state index contributed by atoms with van der Waals surface area (Å²) in [6.45, 7) is 7.58. The van der Waals surface area contributed by atoms with Crippen molar-refractivity contribution >= 4 is 0 Å². The van der Waals surface area contributed by atoms with Gasteiger partial charge in [-0.2, -0.15) is 5.26 Å². The molecule has 0 aromatic carbocycles. The Hall–Kier alpha value is -0.550. The van der Waals surface area contributed by atoms with Crippen LogP contribution in [0.1, 0.15) is 40.0 Å². The minimum absolute atomic E-state index is 0.103. The third kappa shape index (κ3) is 3.36. The summed E-state index contributed by atoms with van der Waals surface area (Å²) in [7, 11) is 0. The zero-order valence-corrected chi connectivity index (χ0v) is 8.95. The van der Waals surface area contributed by atoms with Crippen molar-refractivity contribution in [1.82, 2.24) is 4.90 Å². The number of rotatable bonds is 5. The first kappa shape index (κ1) is 10.5. The van der Waals surface area contributed by atoms with E-state index in [0.29, 0.717) is 6.04 Å². The minimum atomic E-state index is 0.103. The highest BCUT2D eigenvalue weighted by Gasteiger charge is 2.31. The zero-order valence-electron chi connectivity index (χ0n) is 8.95. The SMILES string of the molecule is CC(C)CCN(C(C)C#N)C1CC1. The summed E-state index contributed by atoms with van der Waals surface area (Å²) in [6, 6.07) is 3.16. The van der Waals surface area contributed by atoms with Crippen LogP contribution in [0.4, 0.5) is 0 Å². The number of nitriles is 1. The second kappa shape index (κ2) is 4.62. The lowest BCUT2D eigenvalue weighted by atomic mass is 10.1. The highest BCUT2D eigenvalue weighted by atomic mass is 15.2. The maximum absolute atomic E-state index is 8.86. The highest BCUT2D eigenvalue weighted by molar-refractivity contribution is 4.95. The average Bonchev–Trinajstić information content (AvgIpc) is 2.87. The Labute approximate surface area is 81.5 Å². The van der Waals surface area contributed by atoms with Gasteiger partial charge in [0.05, 0.1) is 12.1 Å². The van der Waals surface area contributed by atoms with Crippen LogP contribution >= 0.6 is 0 Å². The molecule has 1 rings (SSSR count). The number of hydrogen-bond acceptors (Lipinski definition) is 2. The van der Waals surface area contributed by atoms with E-state index in [2.05, 4.69) is 24.8 Å². The van der Waals surface area contributed by atoms with E-state index < -0.39 is 0 Å². The fourth-order valence-electron chi connectivity index (χ4n) is 1.58. The smallest absolute Gasteiger partial charge is 0.0951 e. The standard InChI is InChI=1S/C11H20N2/c1-9(2)6-7-13(10(3)8-12)11-4-5-11/h9-11H,4-7H2,1-3H3. The van der Waals surface area contributed by atoms with Gasteiger partial charge in [0.25, 0.3) is 0 Å². The lowest BCUT2D eigenvalue weighted by molar-refractivity contribution is 0.222. The maximum Gasteiger partial charge on any atom is 0.0951 e. The molecule has 1 unspecified atom stereocenters. The van der Waals surface area contributed by atoms with Crippen LogP contribution in [-0.4, -0.2) is 23.5 Å². The topological polar surface area (TPSA) is 27.0 Å². The second-order valence-corrected chi connectivity index (χ2v) is 4.46. The molecular weight excluding hydrogens is 160 g/mol. The molecule has 1 aliphatic rings. The number of nitrogens with zero attached hydrogens (tertiary/aromatic N) is 2. The van der Waals surface area contributed by atoms with Crippen molar-refractivity contribution in [2.75, 3.05) is 6.54 Å². The highest BCUT2D eigenvalue weighted by Crippen LogP contribution is 2.28. The molecule has 0 amide bonds. The van der Waals surface area contributed by atoms with Gasteiger partial charge < -0.3 is 0 Å². The van der Waals surface area contributed by atoms with Crippen LogP contribution in [0.5, 0.6) is 0 Å². The van der Waals surface area contributed by atoms with Gasteiger partial charge in [-0.25, -0.2) is 0 Å². The van der Waals surface area contributed by atoms with Crippen molar-refractivity contribution in [3.05, 3.63) is 0 Å². The molecule has 0 bridgehead atoms. The van der Waals surface area contributed by atoms with Crippen molar-refractivity contribution in [1.29, 1.82) is 5.26 Å². The largest absolute Gasteiger partial charge is 0.285 e. The molecule has 0 spiro atoms. The fourth-order valence-corrected chi connectivity index (χ4v) is 1.58. The van der Waals surface area contributed by atoms with E-state index >= 15 is 0 Å². The first-order valence-electron chi connectivity index (χ1n) is 5.30. The average molecular weight is 180 g/mol. The van der Waals surface area contributed by atoms with Crippen LogP contribution in [0.15, 0.2) is 0 Å². The van der Waals surface area contributed by atoms with Crippen LogP contribution in [0.2, 0.25) is 0 Å². The fraction of sp³-hybridized carbons (Fsp3) is 0.909. The molecular formula is C11H20N2. The first-order valence-corrected chi connectivity index (χ1v) is 5.30. The summed E-state index contributed by atoms with van der Waals surface area (Å²) >= 11 is 0. The van der Waals surface area contributed by atoms with Gasteiger partial charge in [0.15, 0.2) is 0 Å². The van der Waals surface area contributed by atoms with E-state index in [1.807, 2.05) is 6.92 Å². The molecule has 0 N–H and O–H groups in total. The van der Waals surface area contributed by atoms with Crippen molar-refractivity contribution in [3.63, 3.8) is 0 Å². The van der Waals surface area contributed by atoms with Crippen LogP contribution in [0.25, 0.3) is 0 Å².